The van der Waals surface area contributed by atoms with Crippen LogP contribution in [-0.4, -0.2) is 32.1 Å². The maximum Gasteiger partial charge on any atom is 0.389 e. The van der Waals surface area contributed by atoms with Gasteiger partial charge in [-0.2, -0.15) is 13.2 Å². The van der Waals surface area contributed by atoms with E-state index in [0.29, 0.717) is 19.0 Å². The van der Waals surface area contributed by atoms with Crippen LogP contribution in [-0.2, 0) is 9.47 Å². The van der Waals surface area contributed by atoms with Crippen molar-refractivity contribution in [3.05, 3.63) is 54.1 Å². The number of hydrogen-bond acceptors (Lipinski definition) is 3. The van der Waals surface area contributed by atoms with Gasteiger partial charge in [-0.05, 0) is 41.7 Å². The third-order valence-electron chi connectivity index (χ3n) is 5.94. The number of rotatable bonds is 12. The summed E-state index contributed by atoms with van der Waals surface area (Å²) in [5, 5.41) is 0. The van der Waals surface area contributed by atoms with E-state index in [-0.39, 0.29) is 25.2 Å². The van der Waals surface area contributed by atoms with E-state index in [0.717, 1.165) is 23.1 Å². The van der Waals surface area contributed by atoms with Crippen LogP contribution >= 0.6 is 0 Å². The average Bonchev–Trinajstić information content (AvgIpc) is 2.82. The molecule has 0 unspecified atom stereocenters. The number of benzene rings is 2. The Morgan fingerprint density at radius 1 is 0.818 bits per heavy atom. The van der Waals surface area contributed by atoms with Crippen molar-refractivity contribution < 1.29 is 27.4 Å². The lowest BCUT2D eigenvalue weighted by Crippen LogP contribution is -2.31. The molecular formula is C27H35F3O3. The molecule has 1 aliphatic rings. The topological polar surface area (TPSA) is 27.7 Å². The molecule has 182 valence electrons. The Bertz CT molecular complexity index is 795. The van der Waals surface area contributed by atoms with Crippen LogP contribution in [0.5, 0.6) is 5.75 Å². The zero-order valence-electron chi connectivity index (χ0n) is 19.4. The molecule has 1 saturated heterocycles. The Morgan fingerprint density at radius 3 is 2.09 bits per heavy atom. The second-order valence-corrected chi connectivity index (χ2v) is 8.69. The third-order valence-corrected chi connectivity index (χ3v) is 5.94. The predicted molar refractivity (Wildman–Crippen MR) is 124 cm³/mol. The molecule has 2 aromatic carbocycles. The number of unbranched alkanes of at least 4 members (excludes halogenated alkanes) is 4. The predicted octanol–water partition coefficient (Wildman–Crippen LogP) is 7.89. The summed E-state index contributed by atoms with van der Waals surface area (Å²) in [7, 11) is 0. The maximum atomic E-state index is 12.2. The van der Waals surface area contributed by atoms with E-state index in [4.69, 9.17) is 14.2 Å². The normalized spacial score (nSPS) is 18.9. The molecule has 0 spiro atoms. The van der Waals surface area contributed by atoms with Crippen LogP contribution in [0.15, 0.2) is 48.5 Å². The van der Waals surface area contributed by atoms with Crippen molar-refractivity contribution in [3.8, 4) is 16.9 Å². The van der Waals surface area contributed by atoms with Crippen molar-refractivity contribution in [3.63, 3.8) is 0 Å². The minimum absolute atomic E-state index is 0.0390. The van der Waals surface area contributed by atoms with Gasteiger partial charge in [0, 0.05) is 6.42 Å². The van der Waals surface area contributed by atoms with Crippen molar-refractivity contribution >= 4 is 0 Å². The lowest BCUT2D eigenvalue weighted by molar-refractivity contribution is -0.137. The van der Waals surface area contributed by atoms with Gasteiger partial charge in [-0.15, -0.1) is 0 Å². The zero-order valence-corrected chi connectivity index (χ0v) is 19.4. The van der Waals surface area contributed by atoms with Crippen molar-refractivity contribution in [2.75, 3.05) is 19.8 Å². The van der Waals surface area contributed by atoms with Crippen LogP contribution in [0.3, 0.4) is 0 Å². The SMILES string of the molecule is CCCCCCC[C@@H]1CO[C@@H](c2ccc(-c3ccc(OCCCC(F)(F)F)cc3)cc2)CO1. The number of alkyl halides is 3. The summed E-state index contributed by atoms with van der Waals surface area (Å²) >= 11 is 0. The standard InChI is InChI=1S/C27H35F3O3/c1-2-3-4-5-6-8-25-19-33-26(20-32-25)23-11-9-21(10-12-23)22-13-15-24(16-14-22)31-18-7-17-27(28,29)30/h9-16,25-26H,2-8,17-20H2,1H3/t25-,26-/m1/s1. The molecule has 3 nitrogen and oxygen atoms in total. The molecular weight excluding hydrogens is 429 g/mol. The van der Waals surface area contributed by atoms with Gasteiger partial charge in [0.2, 0.25) is 0 Å². The van der Waals surface area contributed by atoms with E-state index in [2.05, 4.69) is 31.2 Å². The highest BCUT2D eigenvalue weighted by atomic mass is 19.4. The minimum Gasteiger partial charge on any atom is -0.494 e. The lowest BCUT2D eigenvalue weighted by Gasteiger charge is -2.30. The Kier molecular flexibility index (Phi) is 10.1. The molecule has 3 rings (SSSR count). The van der Waals surface area contributed by atoms with Gasteiger partial charge < -0.3 is 14.2 Å². The monoisotopic (exact) mass is 464 g/mol. The van der Waals surface area contributed by atoms with Gasteiger partial charge in [-0.3, -0.25) is 0 Å². The number of halogens is 3. The summed E-state index contributed by atoms with van der Waals surface area (Å²) in [5.41, 5.74) is 3.18. The van der Waals surface area contributed by atoms with Crippen molar-refractivity contribution in [1.82, 2.24) is 0 Å². The zero-order chi connectivity index (χ0) is 23.5. The van der Waals surface area contributed by atoms with Crippen LogP contribution in [0.1, 0.15) is 70.0 Å². The van der Waals surface area contributed by atoms with Crippen molar-refractivity contribution in [2.24, 2.45) is 0 Å². The molecule has 0 aromatic heterocycles. The summed E-state index contributed by atoms with van der Waals surface area (Å²) < 4.78 is 54.1. The highest BCUT2D eigenvalue weighted by Crippen LogP contribution is 2.28. The van der Waals surface area contributed by atoms with Crippen LogP contribution in [0.2, 0.25) is 0 Å². The van der Waals surface area contributed by atoms with Gasteiger partial charge in [-0.1, -0.05) is 75.4 Å². The van der Waals surface area contributed by atoms with Gasteiger partial charge in [-0.25, -0.2) is 0 Å². The van der Waals surface area contributed by atoms with E-state index < -0.39 is 12.6 Å². The van der Waals surface area contributed by atoms with Crippen LogP contribution in [0.25, 0.3) is 11.1 Å². The van der Waals surface area contributed by atoms with Crippen molar-refractivity contribution in [1.29, 1.82) is 0 Å². The molecule has 6 heteroatoms. The second-order valence-electron chi connectivity index (χ2n) is 8.69. The smallest absolute Gasteiger partial charge is 0.389 e. The third kappa shape index (κ3) is 9.01. The first kappa shape index (κ1) is 25.6. The first-order valence-electron chi connectivity index (χ1n) is 12.1. The Labute approximate surface area is 195 Å². The number of ether oxygens (including phenoxy) is 3. The van der Waals surface area contributed by atoms with Gasteiger partial charge in [0.15, 0.2) is 0 Å². The second kappa shape index (κ2) is 13.0. The van der Waals surface area contributed by atoms with E-state index in [1.807, 2.05) is 12.1 Å². The minimum atomic E-state index is -4.14. The molecule has 0 aliphatic carbocycles. The van der Waals surface area contributed by atoms with Gasteiger partial charge in [0.25, 0.3) is 0 Å². The summed E-state index contributed by atoms with van der Waals surface area (Å²) in [6.07, 6.45) is 2.57. The summed E-state index contributed by atoms with van der Waals surface area (Å²) in [5.74, 6) is 0.574. The van der Waals surface area contributed by atoms with Gasteiger partial charge in [0.05, 0.1) is 25.9 Å². The molecule has 0 saturated carbocycles. The maximum absolute atomic E-state index is 12.2. The largest absolute Gasteiger partial charge is 0.494 e. The molecule has 0 radical (unpaired) electrons. The Hall–Kier alpha value is -2.05. The summed E-state index contributed by atoms with van der Waals surface area (Å²) in [6, 6.07) is 15.6. The molecule has 2 aromatic rings. The molecule has 1 aliphatic heterocycles. The fraction of sp³-hybridized carbons (Fsp3) is 0.556. The van der Waals surface area contributed by atoms with E-state index >= 15 is 0 Å². The Balaban J connectivity index is 1.42. The van der Waals surface area contributed by atoms with E-state index in [9.17, 15) is 13.2 Å². The molecule has 1 fully saturated rings. The van der Waals surface area contributed by atoms with Crippen LogP contribution < -0.4 is 4.74 Å². The van der Waals surface area contributed by atoms with Crippen molar-refractivity contribution in [2.45, 2.75) is 76.7 Å². The summed E-state index contributed by atoms with van der Waals surface area (Å²) in [6.45, 7) is 3.51. The van der Waals surface area contributed by atoms with E-state index in [1.54, 1.807) is 12.1 Å². The fourth-order valence-electron chi connectivity index (χ4n) is 3.97. The molecule has 1 heterocycles. The first-order valence-corrected chi connectivity index (χ1v) is 12.1. The number of hydrogen-bond donors (Lipinski definition) is 0. The molecule has 2 atom stereocenters. The quantitative estimate of drug-likeness (QED) is 0.299. The molecule has 0 bridgehead atoms. The highest BCUT2D eigenvalue weighted by molar-refractivity contribution is 5.64. The fourth-order valence-corrected chi connectivity index (χ4v) is 3.97. The Morgan fingerprint density at radius 2 is 1.48 bits per heavy atom. The highest BCUT2D eigenvalue weighted by Gasteiger charge is 2.26. The van der Waals surface area contributed by atoms with Crippen LogP contribution in [0, 0.1) is 0 Å². The molecule has 0 N–H and O–H groups in total. The van der Waals surface area contributed by atoms with Gasteiger partial charge >= 0.3 is 6.18 Å². The first-order chi connectivity index (χ1) is 15.9. The lowest BCUT2D eigenvalue weighted by atomic mass is 10.0. The summed E-state index contributed by atoms with van der Waals surface area (Å²) in [4.78, 5) is 0. The average molecular weight is 465 g/mol. The van der Waals surface area contributed by atoms with Crippen LogP contribution in [0.4, 0.5) is 13.2 Å². The van der Waals surface area contributed by atoms with Gasteiger partial charge in [0.1, 0.15) is 11.9 Å². The molecule has 0 amide bonds. The molecule has 33 heavy (non-hydrogen) atoms. The van der Waals surface area contributed by atoms with E-state index in [1.165, 1.54) is 32.1 Å².